The van der Waals surface area contributed by atoms with Crippen molar-refractivity contribution in [2.45, 2.75) is 32.7 Å². The molecule has 0 radical (unpaired) electrons. The number of amides is 1. The van der Waals surface area contributed by atoms with Crippen molar-refractivity contribution in [2.24, 2.45) is 5.92 Å². The van der Waals surface area contributed by atoms with Crippen molar-refractivity contribution in [1.29, 1.82) is 0 Å². The number of nitrogens with one attached hydrogen (secondary N) is 1. The normalized spacial score (nSPS) is 14.5. The maximum atomic E-state index is 12.7. The van der Waals surface area contributed by atoms with E-state index in [2.05, 4.69) is 5.32 Å². The number of hydrogen-bond acceptors (Lipinski definition) is 4. The minimum absolute atomic E-state index is 0.0753. The second-order valence-electron chi connectivity index (χ2n) is 6.57. The van der Waals surface area contributed by atoms with Gasteiger partial charge in [0.25, 0.3) is 5.91 Å². The topological polar surface area (TPSA) is 81.5 Å². The smallest absolute Gasteiger partial charge is 0.311 e. The lowest BCUT2D eigenvalue weighted by molar-refractivity contribution is -0.385. The van der Waals surface area contributed by atoms with E-state index in [4.69, 9.17) is 4.74 Å². The molecule has 0 aromatic heterocycles. The number of hydrogen-bond donors (Lipinski definition) is 1. The van der Waals surface area contributed by atoms with Gasteiger partial charge in [-0.05, 0) is 50.3 Å². The van der Waals surface area contributed by atoms with Crippen LogP contribution in [0.15, 0.2) is 42.5 Å². The maximum absolute atomic E-state index is 12.7. The largest absolute Gasteiger partial charge is 0.487 e. The molecule has 0 saturated heterocycles. The van der Waals surface area contributed by atoms with E-state index >= 15 is 0 Å². The molecule has 1 amide bonds. The highest BCUT2D eigenvalue weighted by Gasteiger charge is 2.33. The molecule has 0 heterocycles. The monoisotopic (exact) mass is 354 g/mol. The first-order valence-electron chi connectivity index (χ1n) is 8.78. The zero-order valence-corrected chi connectivity index (χ0v) is 14.9. The quantitative estimate of drug-likeness (QED) is 0.597. The Morgan fingerprint density at radius 1 is 1.27 bits per heavy atom. The number of nitro groups is 1. The molecule has 26 heavy (non-hydrogen) atoms. The molecule has 1 saturated carbocycles. The number of carbonyl (C=O) groups excluding carboxylic acids is 1. The summed E-state index contributed by atoms with van der Waals surface area (Å²) in [5, 5.41) is 14.3. The lowest BCUT2D eigenvalue weighted by Gasteiger charge is -2.19. The van der Waals surface area contributed by atoms with Crippen molar-refractivity contribution >= 4 is 11.6 Å². The number of nitro benzene ring substituents is 1. The molecule has 1 aliphatic rings. The zero-order valence-electron chi connectivity index (χ0n) is 14.9. The van der Waals surface area contributed by atoms with Gasteiger partial charge < -0.3 is 10.1 Å². The second kappa shape index (κ2) is 7.56. The van der Waals surface area contributed by atoms with Gasteiger partial charge in [0, 0.05) is 11.6 Å². The second-order valence-corrected chi connectivity index (χ2v) is 6.57. The molecule has 3 rings (SSSR count). The van der Waals surface area contributed by atoms with Gasteiger partial charge in [-0.15, -0.1) is 0 Å². The molecule has 1 aliphatic carbocycles. The molecular formula is C20H22N2O4. The summed E-state index contributed by atoms with van der Waals surface area (Å²) in [5.41, 5.74) is 2.29. The first-order chi connectivity index (χ1) is 12.5. The van der Waals surface area contributed by atoms with Crippen LogP contribution in [0.5, 0.6) is 5.75 Å². The molecule has 1 unspecified atom stereocenters. The number of ether oxygens (including phenoxy) is 1. The van der Waals surface area contributed by atoms with E-state index in [1.165, 1.54) is 12.1 Å². The summed E-state index contributed by atoms with van der Waals surface area (Å²) in [5.74, 6) is 0.277. The van der Waals surface area contributed by atoms with Crippen LogP contribution >= 0.6 is 0 Å². The van der Waals surface area contributed by atoms with Crippen molar-refractivity contribution in [3.8, 4) is 5.75 Å². The van der Waals surface area contributed by atoms with E-state index in [1.807, 2.05) is 31.2 Å². The van der Waals surface area contributed by atoms with Crippen molar-refractivity contribution in [3.05, 3.63) is 69.3 Å². The van der Waals surface area contributed by atoms with Crippen molar-refractivity contribution in [1.82, 2.24) is 5.32 Å². The van der Waals surface area contributed by atoms with Crippen LogP contribution in [0.3, 0.4) is 0 Å². The van der Waals surface area contributed by atoms with E-state index in [9.17, 15) is 14.9 Å². The lowest BCUT2D eigenvalue weighted by Crippen LogP contribution is -2.30. The van der Waals surface area contributed by atoms with Crippen LogP contribution in [0, 0.1) is 23.0 Å². The molecule has 1 fully saturated rings. The Labute approximate surface area is 152 Å². The Bertz CT molecular complexity index is 813. The summed E-state index contributed by atoms with van der Waals surface area (Å²) < 4.78 is 5.27. The highest BCUT2D eigenvalue weighted by Crippen LogP contribution is 2.41. The standard InChI is InChI=1S/C20H22N2O4/c1-3-26-18-11-10-16(12-17(18)22(24)25)20(23)21-19(15-8-9-15)14-6-4-13(2)5-7-14/h4-7,10-12,15,19H,3,8-9H2,1-2H3,(H,21,23). The predicted octanol–water partition coefficient (Wildman–Crippen LogP) is 4.18. The van der Waals surface area contributed by atoms with Gasteiger partial charge in [-0.3, -0.25) is 14.9 Å². The summed E-state index contributed by atoms with van der Waals surface area (Å²) >= 11 is 0. The average molecular weight is 354 g/mol. The fraction of sp³-hybridized carbons (Fsp3) is 0.350. The molecule has 2 aromatic carbocycles. The summed E-state index contributed by atoms with van der Waals surface area (Å²) in [6.45, 7) is 4.10. The molecule has 0 spiro atoms. The fourth-order valence-electron chi connectivity index (χ4n) is 2.98. The van der Waals surface area contributed by atoms with Gasteiger partial charge in [0.1, 0.15) is 0 Å². The van der Waals surface area contributed by atoms with Crippen LogP contribution in [0.2, 0.25) is 0 Å². The van der Waals surface area contributed by atoms with Crippen molar-refractivity contribution in [2.75, 3.05) is 6.61 Å². The van der Waals surface area contributed by atoms with E-state index < -0.39 is 4.92 Å². The van der Waals surface area contributed by atoms with E-state index in [0.717, 1.165) is 24.0 Å². The summed E-state index contributed by atoms with van der Waals surface area (Å²) in [7, 11) is 0. The Hall–Kier alpha value is -2.89. The minimum Gasteiger partial charge on any atom is -0.487 e. The molecule has 136 valence electrons. The third-order valence-electron chi connectivity index (χ3n) is 4.53. The molecular weight excluding hydrogens is 332 g/mol. The van der Waals surface area contributed by atoms with E-state index in [1.54, 1.807) is 13.0 Å². The summed E-state index contributed by atoms with van der Waals surface area (Å²) in [4.78, 5) is 23.4. The Kier molecular flexibility index (Phi) is 5.21. The lowest BCUT2D eigenvalue weighted by atomic mass is 10.0. The van der Waals surface area contributed by atoms with Crippen LogP contribution < -0.4 is 10.1 Å². The third-order valence-corrected chi connectivity index (χ3v) is 4.53. The molecule has 0 aliphatic heterocycles. The van der Waals surface area contributed by atoms with Gasteiger partial charge in [-0.1, -0.05) is 29.8 Å². The van der Waals surface area contributed by atoms with Gasteiger partial charge in [-0.2, -0.15) is 0 Å². The Morgan fingerprint density at radius 3 is 2.54 bits per heavy atom. The van der Waals surface area contributed by atoms with Crippen LogP contribution in [0.25, 0.3) is 0 Å². The number of rotatable bonds is 7. The van der Waals surface area contributed by atoms with Crippen LogP contribution in [0.4, 0.5) is 5.69 Å². The molecule has 0 bridgehead atoms. The van der Waals surface area contributed by atoms with Crippen LogP contribution in [-0.2, 0) is 0 Å². The number of carbonyl (C=O) groups is 1. The highest BCUT2D eigenvalue weighted by molar-refractivity contribution is 5.95. The molecule has 1 atom stereocenters. The van der Waals surface area contributed by atoms with E-state index in [-0.39, 0.29) is 28.9 Å². The average Bonchev–Trinajstić information content (AvgIpc) is 3.46. The van der Waals surface area contributed by atoms with Crippen LogP contribution in [-0.4, -0.2) is 17.4 Å². The Morgan fingerprint density at radius 2 is 1.96 bits per heavy atom. The zero-order chi connectivity index (χ0) is 18.7. The van der Waals surface area contributed by atoms with Crippen molar-refractivity contribution in [3.63, 3.8) is 0 Å². The first kappa shape index (κ1) is 17.9. The molecule has 2 aromatic rings. The molecule has 6 heteroatoms. The first-order valence-corrected chi connectivity index (χ1v) is 8.78. The predicted molar refractivity (Wildman–Crippen MR) is 98.4 cm³/mol. The molecule has 1 N–H and O–H groups in total. The summed E-state index contributed by atoms with van der Waals surface area (Å²) in [6.07, 6.45) is 2.14. The fourth-order valence-corrected chi connectivity index (χ4v) is 2.98. The Balaban J connectivity index is 1.82. The van der Waals surface area contributed by atoms with Gasteiger partial charge in [-0.25, -0.2) is 0 Å². The third kappa shape index (κ3) is 4.02. The number of aryl methyl sites for hydroxylation is 1. The number of nitrogens with zero attached hydrogens (tertiary/aromatic N) is 1. The summed E-state index contributed by atoms with van der Waals surface area (Å²) in [6, 6.07) is 12.4. The minimum atomic E-state index is -0.528. The SMILES string of the molecule is CCOc1ccc(C(=O)NC(c2ccc(C)cc2)C2CC2)cc1[N+](=O)[O-]. The van der Waals surface area contributed by atoms with Gasteiger partial charge in [0.2, 0.25) is 0 Å². The highest BCUT2D eigenvalue weighted by atomic mass is 16.6. The van der Waals surface area contributed by atoms with E-state index in [0.29, 0.717) is 12.5 Å². The maximum Gasteiger partial charge on any atom is 0.311 e. The van der Waals surface area contributed by atoms with Gasteiger partial charge in [0.05, 0.1) is 17.6 Å². The van der Waals surface area contributed by atoms with Gasteiger partial charge >= 0.3 is 5.69 Å². The van der Waals surface area contributed by atoms with Crippen molar-refractivity contribution < 1.29 is 14.5 Å². The number of benzene rings is 2. The van der Waals surface area contributed by atoms with Gasteiger partial charge in [0.15, 0.2) is 5.75 Å². The molecule has 6 nitrogen and oxygen atoms in total. The van der Waals surface area contributed by atoms with Crippen LogP contribution in [0.1, 0.15) is 47.3 Å².